The predicted octanol–water partition coefficient (Wildman–Crippen LogP) is 0.135. The van der Waals surface area contributed by atoms with Crippen LogP contribution in [0.3, 0.4) is 0 Å². The van der Waals surface area contributed by atoms with Crippen LogP contribution in [-0.4, -0.2) is 34.7 Å². The summed E-state index contributed by atoms with van der Waals surface area (Å²) < 4.78 is 0. The molecule has 0 aromatic carbocycles. The number of carbonyl (C=O) groups is 4. The van der Waals surface area contributed by atoms with E-state index in [0.717, 1.165) is 4.90 Å². The maximum Gasteiger partial charge on any atom is 0.331 e. The third-order valence-corrected chi connectivity index (χ3v) is 3.65. The van der Waals surface area contributed by atoms with E-state index in [4.69, 9.17) is 5.73 Å². The molecule has 19 heavy (non-hydrogen) atoms. The van der Waals surface area contributed by atoms with Gasteiger partial charge in [-0.05, 0) is 19.8 Å². The first-order valence-electron chi connectivity index (χ1n) is 6.27. The fourth-order valence-electron chi connectivity index (χ4n) is 2.35. The van der Waals surface area contributed by atoms with E-state index in [0.29, 0.717) is 12.8 Å². The van der Waals surface area contributed by atoms with Crippen molar-refractivity contribution in [2.45, 2.75) is 46.1 Å². The molecule has 0 aromatic heterocycles. The highest BCUT2D eigenvalue weighted by atomic mass is 16.2. The summed E-state index contributed by atoms with van der Waals surface area (Å²) in [5.74, 6) is -1.74. The minimum atomic E-state index is -1.24. The summed E-state index contributed by atoms with van der Waals surface area (Å²) in [6.45, 7) is 4.98. The van der Waals surface area contributed by atoms with E-state index in [2.05, 4.69) is 5.32 Å². The molecule has 0 bridgehead atoms. The number of amides is 5. The molecular formula is C12H19N3O4. The van der Waals surface area contributed by atoms with Crippen molar-refractivity contribution in [3.05, 3.63) is 0 Å². The molecule has 1 fully saturated rings. The zero-order valence-electron chi connectivity index (χ0n) is 11.4. The molecule has 0 aliphatic carbocycles. The number of nitrogens with two attached hydrogens (primary N) is 1. The summed E-state index contributed by atoms with van der Waals surface area (Å²) in [6, 6.07) is -1.46. The van der Waals surface area contributed by atoms with Gasteiger partial charge in [0.2, 0.25) is 17.7 Å². The summed E-state index contributed by atoms with van der Waals surface area (Å²) in [4.78, 5) is 48.0. The van der Waals surface area contributed by atoms with Crippen molar-refractivity contribution in [1.29, 1.82) is 0 Å². The number of nitrogens with one attached hydrogen (secondary N) is 1. The highest BCUT2D eigenvalue weighted by Gasteiger charge is 2.52. The van der Waals surface area contributed by atoms with Crippen LogP contribution < -0.4 is 11.1 Å². The van der Waals surface area contributed by atoms with Gasteiger partial charge in [0.05, 0.1) is 0 Å². The van der Waals surface area contributed by atoms with Crippen molar-refractivity contribution in [1.82, 2.24) is 10.2 Å². The lowest BCUT2D eigenvalue weighted by Crippen LogP contribution is -2.65. The lowest BCUT2D eigenvalue weighted by atomic mass is 9.78. The second-order valence-corrected chi connectivity index (χ2v) is 4.74. The first-order valence-corrected chi connectivity index (χ1v) is 6.27. The molecule has 0 spiro atoms. The van der Waals surface area contributed by atoms with Crippen molar-refractivity contribution >= 4 is 23.8 Å². The summed E-state index contributed by atoms with van der Waals surface area (Å²) >= 11 is 0. The van der Waals surface area contributed by atoms with Gasteiger partial charge in [0.25, 0.3) is 0 Å². The van der Waals surface area contributed by atoms with Crippen molar-refractivity contribution in [2.24, 2.45) is 11.1 Å². The summed E-state index contributed by atoms with van der Waals surface area (Å²) in [5, 5.41) is 2.18. The van der Waals surface area contributed by atoms with E-state index >= 15 is 0 Å². The zero-order chi connectivity index (χ0) is 14.8. The lowest BCUT2D eigenvalue weighted by molar-refractivity contribution is -0.153. The van der Waals surface area contributed by atoms with Crippen LogP contribution in [0.2, 0.25) is 0 Å². The zero-order valence-corrected chi connectivity index (χ0v) is 11.4. The first kappa shape index (κ1) is 15.1. The van der Waals surface area contributed by atoms with Crippen molar-refractivity contribution in [2.75, 3.05) is 0 Å². The molecule has 106 valence electrons. The minimum absolute atomic E-state index is 0.128. The Morgan fingerprint density at radius 2 is 1.84 bits per heavy atom. The fourth-order valence-corrected chi connectivity index (χ4v) is 2.35. The van der Waals surface area contributed by atoms with E-state index in [1.54, 1.807) is 20.8 Å². The molecule has 0 aromatic rings. The molecule has 0 radical (unpaired) electrons. The van der Waals surface area contributed by atoms with Gasteiger partial charge >= 0.3 is 6.03 Å². The van der Waals surface area contributed by atoms with Crippen molar-refractivity contribution < 1.29 is 19.2 Å². The Bertz CT molecular complexity index is 429. The molecule has 0 saturated carbocycles. The normalized spacial score (nSPS) is 20.2. The molecule has 1 atom stereocenters. The molecule has 1 aliphatic rings. The number of carbonyl (C=O) groups excluding carboxylic acids is 4. The molecule has 1 heterocycles. The Hall–Kier alpha value is -1.92. The van der Waals surface area contributed by atoms with Crippen LogP contribution in [0.4, 0.5) is 4.79 Å². The second-order valence-electron chi connectivity index (χ2n) is 4.74. The van der Waals surface area contributed by atoms with Crippen LogP contribution in [0.15, 0.2) is 0 Å². The van der Waals surface area contributed by atoms with Crippen LogP contribution in [-0.2, 0) is 14.4 Å². The molecule has 1 unspecified atom stereocenters. The van der Waals surface area contributed by atoms with Gasteiger partial charge < -0.3 is 5.73 Å². The quantitative estimate of drug-likeness (QED) is 0.691. The van der Waals surface area contributed by atoms with Gasteiger partial charge in [-0.25, -0.2) is 4.79 Å². The summed E-state index contributed by atoms with van der Waals surface area (Å²) in [5.41, 5.74) is 3.84. The number of rotatable bonds is 5. The van der Waals surface area contributed by atoms with Crippen LogP contribution in [0.25, 0.3) is 0 Å². The third-order valence-electron chi connectivity index (χ3n) is 3.65. The van der Waals surface area contributed by atoms with E-state index < -0.39 is 35.2 Å². The fraction of sp³-hybridized carbons (Fsp3) is 0.667. The van der Waals surface area contributed by atoms with Gasteiger partial charge in [0, 0.05) is 12.5 Å². The SMILES string of the molecule is CCC1(CC)C(=O)NC(=O)N(C(C)CC(N)=O)C1=O. The minimum Gasteiger partial charge on any atom is -0.370 e. The van der Waals surface area contributed by atoms with E-state index in [1.807, 2.05) is 0 Å². The summed E-state index contributed by atoms with van der Waals surface area (Å²) in [6.07, 6.45) is 0.458. The molecule has 7 heteroatoms. The average molecular weight is 269 g/mol. The highest BCUT2D eigenvalue weighted by Crippen LogP contribution is 2.33. The Labute approximate surface area is 111 Å². The summed E-state index contributed by atoms with van der Waals surface area (Å²) in [7, 11) is 0. The van der Waals surface area contributed by atoms with E-state index in [-0.39, 0.29) is 6.42 Å². The largest absolute Gasteiger partial charge is 0.370 e. The molecule has 1 aliphatic heterocycles. The average Bonchev–Trinajstić information content (AvgIpc) is 2.29. The molecule has 1 saturated heterocycles. The molecule has 3 N–H and O–H groups in total. The van der Waals surface area contributed by atoms with Crippen LogP contribution in [0.1, 0.15) is 40.0 Å². The highest BCUT2D eigenvalue weighted by molar-refractivity contribution is 6.19. The van der Waals surface area contributed by atoms with Crippen LogP contribution in [0, 0.1) is 5.41 Å². The topological polar surface area (TPSA) is 110 Å². The lowest BCUT2D eigenvalue weighted by Gasteiger charge is -2.40. The van der Waals surface area contributed by atoms with Gasteiger partial charge in [0.15, 0.2) is 0 Å². The maximum absolute atomic E-state index is 12.4. The first-order chi connectivity index (χ1) is 8.80. The van der Waals surface area contributed by atoms with Crippen LogP contribution in [0.5, 0.6) is 0 Å². The number of imide groups is 2. The maximum atomic E-state index is 12.4. The number of nitrogens with zero attached hydrogens (tertiary/aromatic N) is 1. The smallest absolute Gasteiger partial charge is 0.331 e. The van der Waals surface area contributed by atoms with Gasteiger partial charge in [-0.2, -0.15) is 0 Å². The molecular weight excluding hydrogens is 250 g/mol. The molecule has 7 nitrogen and oxygen atoms in total. The Morgan fingerprint density at radius 3 is 2.26 bits per heavy atom. The third kappa shape index (κ3) is 2.45. The number of primary amides is 1. The monoisotopic (exact) mass is 269 g/mol. The van der Waals surface area contributed by atoms with Crippen molar-refractivity contribution in [3.63, 3.8) is 0 Å². The van der Waals surface area contributed by atoms with Crippen molar-refractivity contribution in [3.8, 4) is 0 Å². The van der Waals surface area contributed by atoms with Gasteiger partial charge in [-0.15, -0.1) is 0 Å². The van der Waals surface area contributed by atoms with Crippen LogP contribution >= 0.6 is 0 Å². The number of barbiturate groups is 1. The van der Waals surface area contributed by atoms with Gasteiger partial charge in [0.1, 0.15) is 5.41 Å². The molecule has 1 rings (SSSR count). The molecule has 5 amide bonds. The predicted molar refractivity (Wildman–Crippen MR) is 66.7 cm³/mol. The van der Waals surface area contributed by atoms with E-state index in [9.17, 15) is 19.2 Å². The standard InChI is InChI=1S/C12H19N3O4/c1-4-12(5-2)9(17)14-11(19)15(10(12)18)7(3)6-8(13)16/h7H,4-6H2,1-3H3,(H2,13,16)(H,14,17,19). The second kappa shape index (κ2) is 5.38. The number of hydrogen-bond donors (Lipinski definition) is 2. The van der Waals surface area contributed by atoms with E-state index in [1.165, 1.54) is 0 Å². The Balaban J connectivity index is 3.12. The number of urea groups is 1. The Kier molecular flexibility index (Phi) is 4.28. The van der Waals surface area contributed by atoms with Gasteiger partial charge in [-0.1, -0.05) is 13.8 Å². The number of hydrogen-bond acceptors (Lipinski definition) is 4. The Morgan fingerprint density at radius 1 is 1.32 bits per heavy atom. The van der Waals surface area contributed by atoms with Gasteiger partial charge in [-0.3, -0.25) is 24.6 Å².